The maximum Gasteiger partial charge on any atom is 0.293 e. The fraction of sp³-hybridized carbons (Fsp3) is 0.500. The lowest BCUT2D eigenvalue weighted by Crippen LogP contribution is -2.53. The van der Waals surface area contributed by atoms with Gasteiger partial charge in [0.15, 0.2) is 5.82 Å². The number of nitrogens with one attached hydrogen (secondary N) is 1. The van der Waals surface area contributed by atoms with E-state index in [1.807, 2.05) is 12.1 Å². The van der Waals surface area contributed by atoms with Gasteiger partial charge < -0.3 is 14.8 Å². The summed E-state index contributed by atoms with van der Waals surface area (Å²) in [5, 5.41) is 4.59. The maximum absolute atomic E-state index is 12.3. The molecule has 4 rings (SSSR count). The molecule has 1 saturated heterocycles. The average Bonchev–Trinajstić information content (AvgIpc) is 2.61. The fourth-order valence-electron chi connectivity index (χ4n) is 4.10. The molecular formula is C20H25ClN4O. The van der Waals surface area contributed by atoms with Crippen LogP contribution in [0.15, 0.2) is 41.5 Å². The number of benzene rings is 1. The van der Waals surface area contributed by atoms with Gasteiger partial charge in [0.25, 0.3) is 5.56 Å². The predicted octanol–water partition coefficient (Wildman–Crippen LogP) is 2.94. The van der Waals surface area contributed by atoms with E-state index in [1.165, 1.54) is 18.4 Å². The van der Waals surface area contributed by atoms with Gasteiger partial charge in [-0.2, -0.15) is 0 Å². The SMILES string of the molecule is Cn1ccnc(N2CCCC(NC3CC(c4ccc(Cl)cc4)C3)C2)c1=O. The molecule has 1 aromatic heterocycles. The molecule has 2 fully saturated rings. The van der Waals surface area contributed by atoms with Gasteiger partial charge in [-0.25, -0.2) is 4.98 Å². The highest BCUT2D eigenvalue weighted by atomic mass is 35.5. The predicted molar refractivity (Wildman–Crippen MR) is 105 cm³/mol. The van der Waals surface area contributed by atoms with Gasteiger partial charge in [-0.15, -0.1) is 0 Å². The number of anilines is 1. The van der Waals surface area contributed by atoms with Crippen molar-refractivity contribution in [3.05, 3.63) is 57.6 Å². The summed E-state index contributed by atoms with van der Waals surface area (Å²) in [5.41, 5.74) is 1.37. The van der Waals surface area contributed by atoms with E-state index in [0.29, 0.717) is 23.8 Å². The van der Waals surface area contributed by atoms with E-state index in [1.54, 1.807) is 24.0 Å². The molecule has 1 aromatic carbocycles. The number of aryl methyl sites for hydroxylation is 1. The molecule has 1 aliphatic heterocycles. The van der Waals surface area contributed by atoms with Crippen LogP contribution in [0.4, 0.5) is 5.82 Å². The molecule has 2 aromatic rings. The van der Waals surface area contributed by atoms with Crippen molar-refractivity contribution in [2.45, 2.75) is 43.7 Å². The monoisotopic (exact) mass is 372 g/mol. The van der Waals surface area contributed by atoms with E-state index in [0.717, 1.165) is 31.0 Å². The maximum atomic E-state index is 12.3. The average molecular weight is 373 g/mol. The molecule has 2 aliphatic rings. The highest BCUT2D eigenvalue weighted by Gasteiger charge is 2.33. The van der Waals surface area contributed by atoms with Gasteiger partial charge in [-0.3, -0.25) is 4.79 Å². The van der Waals surface area contributed by atoms with Crippen LogP contribution < -0.4 is 15.8 Å². The summed E-state index contributed by atoms with van der Waals surface area (Å²) in [4.78, 5) is 18.8. The first-order valence-corrected chi connectivity index (χ1v) is 9.76. The van der Waals surface area contributed by atoms with Gasteiger partial charge in [0.05, 0.1) is 0 Å². The number of rotatable bonds is 4. The van der Waals surface area contributed by atoms with Gasteiger partial charge in [0.1, 0.15) is 0 Å². The van der Waals surface area contributed by atoms with E-state index >= 15 is 0 Å². The molecule has 1 N–H and O–H groups in total. The molecule has 0 bridgehead atoms. The lowest BCUT2D eigenvalue weighted by molar-refractivity contribution is 0.251. The summed E-state index contributed by atoms with van der Waals surface area (Å²) in [7, 11) is 1.78. The van der Waals surface area contributed by atoms with Crippen LogP contribution in [0.25, 0.3) is 0 Å². The van der Waals surface area contributed by atoms with Crippen LogP contribution in [0.5, 0.6) is 0 Å². The van der Waals surface area contributed by atoms with Gasteiger partial charge in [-0.1, -0.05) is 23.7 Å². The van der Waals surface area contributed by atoms with E-state index in [4.69, 9.17) is 11.6 Å². The van der Waals surface area contributed by atoms with Crippen molar-refractivity contribution in [1.29, 1.82) is 0 Å². The fourth-order valence-corrected chi connectivity index (χ4v) is 4.23. The van der Waals surface area contributed by atoms with Crippen molar-refractivity contribution in [3.8, 4) is 0 Å². The second-order valence-electron chi connectivity index (χ2n) is 7.54. The summed E-state index contributed by atoms with van der Waals surface area (Å²) in [6.45, 7) is 1.76. The largest absolute Gasteiger partial charge is 0.350 e. The molecule has 5 nitrogen and oxygen atoms in total. The number of aromatic nitrogens is 2. The Balaban J connectivity index is 1.33. The minimum Gasteiger partial charge on any atom is -0.350 e. The molecule has 2 heterocycles. The molecule has 0 radical (unpaired) electrons. The van der Waals surface area contributed by atoms with Crippen molar-refractivity contribution < 1.29 is 0 Å². The molecule has 138 valence electrons. The summed E-state index contributed by atoms with van der Waals surface area (Å²) >= 11 is 5.97. The third-order valence-electron chi connectivity index (χ3n) is 5.67. The Morgan fingerprint density at radius 1 is 1.19 bits per heavy atom. The third kappa shape index (κ3) is 3.64. The quantitative estimate of drug-likeness (QED) is 0.896. The lowest BCUT2D eigenvalue weighted by atomic mass is 9.75. The van der Waals surface area contributed by atoms with Crippen molar-refractivity contribution in [2.24, 2.45) is 7.05 Å². The molecule has 0 spiro atoms. The van der Waals surface area contributed by atoms with Gasteiger partial charge in [0, 0.05) is 49.6 Å². The second kappa shape index (κ2) is 7.41. The first kappa shape index (κ1) is 17.6. The summed E-state index contributed by atoms with van der Waals surface area (Å²) < 4.78 is 1.60. The lowest BCUT2D eigenvalue weighted by Gasteiger charge is -2.41. The Labute approximate surface area is 159 Å². The van der Waals surface area contributed by atoms with Crippen LogP contribution in [-0.2, 0) is 7.05 Å². The Bertz CT molecular complexity index is 813. The van der Waals surface area contributed by atoms with Crippen molar-refractivity contribution in [1.82, 2.24) is 14.9 Å². The summed E-state index contributed by atoms with van der Waals surface area (Å²) in [5.74, 6) is 1.21. The normalized spacial score (nSPS) is 25.8. The molecule has 0 amide bonds. The Morgan fingerprint density at radius 3 is 2.73 bits per heavy atom. The topological polar surface area (TPSA) is 50.2 Å². The smallest absolute Gasteiger partial charge is 0.293 e. The van der Waals surface area contributed by atoms with Crippen molar-refractivity contribution >= 4 is 17.4 Å². The van der Waals surface area contributed by atoms with E-state index in [2.05, 4.69) is 27.3 Å². The van der Waals surface area contributed by atoms with Crippen LogP contribution in [0.1, 0.15) is 37.2 Å². The summed E-state index contributed by atoms with van der Waals surface area (Å²) in [6.07, 6.45) is 8.00. The van der Waals surface area contributed by atoms with Crippen LogP contribution in [0.3, 0.4) is 0 Å². The van der Waals surface area contributed by atoms with Crippen molar-refractivity contribution in [3.63, 3.8) is 0 Å². The van der Waals surface area contributed by atoms with Crippen LogP contribution >= 0.6 is 11.6 Å². The van der Waals surface area contributed by atoms with Crippen LogP contribution in [-0.4, -0.2) is 34.7 Å². The zero-order valence-electron chi connectivity index (χ0n) is 15.1. The molecule has 1 atom stereocenters. The van der Waals surface area contributed by atoms with E-state index in [9.17, 15) is 4.79 Å². The molecular weight excluding hydrogens is 348 g/mol. The molecule has 1 saturated carbocycles. The highest BCUT2D eigenvalue weighted by Crippen LogP contribution is 2.37. The van der Waals surface area contributed by atoms with Gasteiger partial charge in [-0.05, 0) is 49.3 Å². The molecule has 1 unspecified atom stereocenters. The standard InChI is InChI=1S/C20H25ClN4O/c1-24-10-8-22-19(20(24)26)25-9-2-3-17(13-25)23-18-11-15(12-18)14-4-6-16(21)7-5-14/h4-8,10,15,17-18,23H,2-3,9,11-13H2,1H3. The Hall–Kier alpha value is -1.85. The zero-order valence-corrected chi connectivity index (χ0v) is 15.8. The molecule has 1 aliphatic carbocycles. The van der Waals surface area contributed by atoms with Gasteiger partial charge in [0.2, 0.25) is 0 Å². The van der Waals surface area contributed by atoms with Gasteiger partial charge >= 0.3 is 0 Å². The Kier molecular flexibility index (Phi) is 5.00. The first-order chi connectivity index (χ1) is 12.6. The second-order valence-corrected chi connectivity index (χ2v) is 7.97. The van der Waals surface area contributed by atoms with E-state index in [-0.39, 0.29) is 5.56 Å². The van der Waals surface area contributed by atoms with Crippen LogP contribution in [0, 0.1) is 0 Å². The number of hydrogen-bond acceptors (Lipinski definition) is 4. The van der Waals surface area contributed by atoms with Crippen molar-refractivity contribution in [2.75, 3.05) is 18.0 Å². The third-order valence-corrected chi connectivity index (χ3v) is 5.92. The number of piperidine rings is 1. The number of hydrogen-bond donors (Lipinski definition) is 1. The zero-order chi connectivity index (χ0) is 18.1. The minimum atomic E-state index is -0.0143. The molecule has 6 heteroatoms. The van der Waals surface area contributed by atoms with E-state index < -0.39 is 0 Å². The minimum absolute atomic E-state index is 0.0143. The first-order valence-electron chi connectivity index (χ1n) is 9.38. The van der Waals surface area contributed by atoms with Crippen LogP contribution in [0.2, 0.25) is 5.02 Å². The number of nitrogens with zero attached hydrogens (tertiary/aromatic N) is 3. The number of halogens is 1. The Morgan fingerprint density at radius 2 is 1.96 bits per heavy atom. The summed E-state index contributed by atoms with van der Waals surface area (Å²) in [6, 6.07) is 9.22. The highest BCUT2D eigenvalue weighted by molar-refractivity contribution is 6.30. The molecule has 26 heavy (non-hydrogen) atoms.